The van der Waals surface area contributed by atoms with E-state index >= 15 is 0 Å². The van der Waals surface area contributed by atoms with Gasteiger partial charge in [-0.05, 0) is 44.9 Å². The lowest BCUT2D eigenvalue weighted by molar-refractivity contribution is -0.131. The summed E-state index contributed by atoms with van der Waals surface area (Å²) in [6.07, 6.45) is 10.5. The summed E-state index contributed by atoms with van der Waals surface area (Å²) in [7, 11) is 0. The minimum Gasteiger partial charge on any atom is -0.368 e. The first-order valence-electron chi connectivity index (χ1n) is 7.13. The molecule has 1 saturated carbocycles. The minimum atomic E-state index is -0.578. The van der Waals surface area contributed by atoms with Crippen LogP contribution in [0.3, 0.4) is 0 Å². The van der Waals surface area contributed by atoms with Crippen LogP contribution in [0.4, 0.5) is 0 Å². The van der Waals surface area contributed by atoms with E-state index in [1.54, 1.807) is 0 Å². The number of aliphatic hydroxyl groups is 1. The van der Waals surface area contributed by atoms with E-state index in [0.717, 1.165) is 25.7 Å². The Hall–Kier alpha value is -0.780. The van der Waals surface area contributed by atoms with Crippen LogP contribution >= 0.6 is 0 Å². The Bertz CT molecular complexity index is 363. The fraction of sp³-hybridized carbons (Fsp3) is 0.750. The van der Waals surface area contributed by atoms with Gasteiger partial charge in [0.2, 0.25) is 0 Å². The maximum absolute atomic E-state index is 9.87. The fourth-order valence-electron chi connectivity index (χ4n) is 3.38. The van der Waals surface area contributed by atoms with Gasteiger partial charge in [-0.1, -0.05) is 19.1 Å². The summed E-state index contributed by atoms with van der Waals surface area (Å²) < 4.78 is 5.85. The number of fused-ring (bicyclic) bond motifs is 1. The van der Waals surface area contributed by atoms with Crippen molar-refractivity contribution in [2.45, 2.75) is 64.3 Å². The third-order valence-electron chi connectivity index (χ3n) is 4.38. The van der Waals surface area contributed by atoms with Gasteiger partial charge < -0.3 is 9.84 Å². The summed E-state index contributed by atoms with van der Waals surface area (Å²) in [5.41, 5.74) is -0.171. The lowest BCUT2D eigenvalue weighted by atomic mass is 9.84. The Morgan fingerprint density at radius 2 is 2.33 bits per heavy atom. The van der Waals surface area contributed by atoms with Crippen molar-refractivity contribution in [3.63, 3.8) is 0 Å². The molecule has 1 N–H and O–H groups in total. The molecule has 0 amide bonds. The van der Waals surface area contributed by atoms with E-state index in [4.69, 9.17) is 4.74 Å². The van der Waals surface area contributed by atoms with Crippen LogP contribution in [0.2, 0.25) is 0 Å². The highest BCUT2D eigenvalue weighted by molar-refractivity contribution is 5.13. The normalized spacial score (nSPS) is 38.7. The Labute approximate surface area is 110 Å². The Kier molecular flexibility index (Phi) is 4.48. The van der Waals surface area contributed by atoms with E-state index in [2.05, 4.69) is 30.9 Å². The highest BCUT2D eigenvalue weighted by Crippen LogP contribution is 2.51. The molecule has 0 aromatic carbocycles. The molecule has 2 fully saturated rings. The molecule has 0 aromatic rings. The molecule has 4 atom stereocenters. The number of ether oxygens (including phenoxy) is 1. The zero-order valence-corrected chi connectivity index (χ0v) is 11.5. The summed E-state index contributed by atoms with van der Waals surface area (Å²) in [6, 6.07) is 0. The molecule has 0 radical (unpaired) electrons. The molecule has 0 spiro atoms. The Morgan fingerprint density at radius 3 is 3.11 bits per heavy atom. The predicted octanol–water partition coefficient (Wildman–Crippen LogP) is 3.26. The summed E-state index contributed by atoms with van der Waals surface area (Å²) in [5, 5.41) is 9.87. The van der Waals surface area contributed by atoms with E-state index < -0.39 is 6.29 Å². The topological polar surface area (TPSA) is 29.5 Å². The first-order chi connectivity index (χ1) is 8.69. The highest BCUT2D eigenvalue weighted by atomic mass is 16.6. The van der Waals surface area contributed by atoms with Crippen molar-refractivity contribution in [1.29, 1.82) is 0 Å². The monoisotopic (exact) mass is 248 g/mol. The molecule has 1 aliphatic heterocycles. The van der Waals surface area contributed by atoms with Gasteiger partial charge >= 0.3 is 0 Å². The van der Waals surface area contributed by atoms with E-state index in [-0.39, 0.29) is 11.5 Å². The molecular formula is C16H24O2. The largest absolute Gasteiger partial charge is 0.368 e. The molecule has 3 unspecified atom stereocenters. The van der Waals surface area contributed by atoms with Crippen molar-refractivity contribution in [2.75, 3.05) is 0 Å². The first-order valence-corrected chi connectivity index (χ1v) is 7.13. The van der Waals surface area contributed by atoms with Gasteiger partial charge in [0.05, 0.1) is 5.60 Å². The average Bonchev–Trinajstić information content (AvgIpc) is 2.85. The maximum atomic E-state index is 9.87. The molecule has 2 rings (SSSR count). The second-order valence-corrected chi connectivity index (χ2v) is 5.54. The van der Waals surface area contributed by atoms with E-state index in [0.29, 0.717) is 5.92 Å². The van der Waals surface area contributed by atoms with Gasteiger partial charge in [0.25, 0.3) is 0 Å². The number of unbranched alkanes of at least 4 members (excludes halogenated alkanes) is 2. The number of hydrogen-bond acceptors (Lipinski definition) is 2. The second-order valence-electron chi connectivity index (χ2n) is 5.54. The van der Waals surface area contributed by atoms with Crippen molar-refractivity contribution in [3.05, 3.63) is 12.2 Å². The predicted molar refractivity (Wildman–Crippen MR) is 72.8 cm³/mol. The molecule has 0 aromatic heterocycles. The lowest BCUT2D eigenvalue weighted by Gasteiger charge is -2.25. The third kappa shape index (κ3) is 2.63. The summed E-state index contributed by atoms with van der Waals surface area (Å²) >= 11 is 0. The van der Waals surface area contributed by atoms with Gasteiger partial charge in [0, 0.05) is 12.3 Å². The first kappa shape index (κ1) is 13.6. The molecule has 2 aliphatic rings. The third-order valence-corrected chi connectivity index (χ3v) is 4.38. The van der Waals surface area contributed by atoms with E-state index in [1.807, 2.05) is 6.92 Å². The van der Waals surface area contributed by atoms with Crippen LogP contribution in [0.15, 0.2) is 12.2 Å². The van der Waals surface area contributed by atoms with Gasteiger partial charge in [-0.25, -0.2) is 0 Å². The van der Waals surface area contributed by atoms with Crippen LogP contribution in [-0.2, 0) is 4.74 Å². The summed E-state index contributed by atoms with van der Waals surface area (Å²) in [4.78, 5) is 0. The van der Waals surface area contributed by atoms with Crippen LogP contribution in [0.1, 0.15) is 52.4 Å². The van der Waals surface area contributed by atoms with E-state index in [9.17, 15) is 5.11 Å². The summed E-state index contributed by atoms with van der Waals surface area (Å²) in [6.45, 7) is 3.99. The molecule has 100 valence electrons. The van der Waals surface area contributed by atoms with Crippen LogP contribution in [0.5, 0.6) is 0 Å². The number of hydrogen-bond donors (Lipinski definition) is 1. The second kappa shape index (κ2) is 5.91. The van der Waals surface area contributed by atoms with Crippen molar-refractivity contribution < 1.29 is 9.84 Å². The van der Waals surface area contributed by atoms with Crippen LogP contribution in [0.25, 0.3) is 0 Å². The smallest absolute Gasteiger partial charge is 0.158 e. The zero-order chi connectivity index (χ0) is 13.0. The minimum absolute atomic E-state index is 0.171. The number of aliphatic hydroxyl groups excluding tert-OH is 1. The van der Waals surface area contributed by atoms with Crippen molar-refractivity contribution in [2.24, 2.45) is 11.8 Å². The molecule has 1 heterocycles. The SMILES string of the molecule is CC#CCCCC=CC12CCCC1C(C)[C@@H](O)O2. The van der Waals surface area contributed by atoms with Crippen molar-refractivity contribution in [3.8, 4) is 11.8 Å². The van der Waals surface area contributed by atoms with Crippen LogP contribution in [-0.4, -0.2) is 17.0 Å². The molecule has 1 saturated heterocycles. The van der Waals surface area contributed by atoms with Crippen molar-refractivity contribution in [1.82, 2.24) is 0 Å². The maximum Gasteiger partial charge on any atom is 0.158 e. The standard InChI is InChI=1S/C16H24O2/c1-3-4-5-6-7-8-11-16-12-9-10-14(16)13(2)15(17)18-16/h8,11,13-15,17H,5-7,9-10,12H2,1-2H3/t13?,14?,15-,16?/m0/s1. The Balaban J connectivity index is 1.90. The van der Waals surface area contributed by atoms with Gasteiger partial charge in [0.1, 0.15) is 0 Å². The summed E-state index contributed by atoms with van der Waals surface area (Å²) in [5.74, 6) is 6.76. The highest BCUT2D eigenvalue weighted by Gasteiger charge is 2.53. The molecule has 2 nitrogen and oxygen atoms in total. The number of allylic oxidation sites excluding steroid dienone is 1. The fourth-order valence-corrected chi connectivity index (χ4v) is 3.38. The molecule has 1 aliphatic carbocycles. The van der Waals surface area contributed by atoms with Gasteiger partial charge in [0.15, 0.2) is 6.29 Å². The van der Waals surface area contributed by atoms with E-state index in [1.165, 1.54) is 12.8 Å². The molecule has 18 heavy (non-hydrogen) atoms. The Morgan fingerprint density at radius 1 is 1.50 bits per heavy atom. The lowest BCUT2D eigenvalue weighted by Crippen LogP contribution is -2.29. The van der Waals surface area contributed by atoms with Crippen molar-refractivity contribution >= 4 is 0 Å². The average molecular weight is 248 g/mol. The van der Waals surface area contributed by atoms with Gasteiger partial charge in [-0.2, -0.15) is 0 Å². The molecule has 2 heteroatoms. The van der Waals surface area contributed by atoms with Crippen LogP contribution < -0.4 is 0 Å². The molecule has 0 bridgehead atoms. The number of rotatable bonds is 4. The zero-order valence-electron chi connectivity index (χ0n) is 11.5. The van der Waals surface area contributed by atoms with Crippen LogP contribution in [0, 0.1) is 23.7 Å². The molecular weight excluding hydrogens is 224 g/mol. The quantitative estimate of drug-likeness (QED) is 0.470. The van der Waals surface area contributed by atoms with Gasteiger partial charge in [-0.15, -0.1) is 11.8 Å². The van der Waals surface area contributed by atoms with Gasteiger partial charge in [-0.3, -0.25) is 0 Å².